The lowest BCUT2D eigenvalue weighted by Crippen LogP contribution is -2.36. The minimum absolute atomic E-state index is 0.350. The second-order valence-electron chi connectivity index (χ2n) is 4.75. The van der Waals surface area contributed by atoms with Crippen LogP contribution in [0.25, 0.3) is 0 Å². The van der Waals surface area contributed by atoms with Crippen LogP contribution in [0.5, 0.6) is 0 Å². The Labute approximate surface area is 125 Å². The molecule has 0 aromatic rings. The highest BCUT2D eigenvalue weighted by atomic mass is 31.1. The molecule has 3 unspecified atom stereocenters. The first-order chi connectivity index (χ1) is 9.66. The fourth-order valence-electron chi connectivity index (χ4n) is 2.02. The van der Waals surface area contributed by atoms with E-state index in [-0.39, 0.29) is 5.41 Å². The lowest BCUT2D eigenvalue weighted by Gasteiger charge is -2.39. The molecule has 0 aliphatic heterocycles. The molecular formula is C13H24F3O4P. The van der Waals surface area contributed by atoms with Gasteiger partial charge in [-0.05, 0) is 26.2 Å². The molecule has 0 aromatic carbocycles. The van der Waals surface area contributed by atoms with Gasteiger partial charge in [-0.1, -0.05) is 20.8 Å². The van der Waals surface area contributed by atoms with Gasteiger partial charge in [-0.25, -0.2) is 4.79 Å². The summed E-state index contributed by atoms with van der Waals surface area (Å²) in [7, 11) is 0.716. The summed E-state index contributed by atoms with van der Waals surface area (Å²) in [6.45, 7) is 7.47. The summed E-state index contributed by atoms with van der Waals surface area (Å²) in [5.74, 6) is -2.81. The zero-order chi connectivity index (χ0) is 16.7. The van der Waals surface area contributed by atoms with Gasteiger partial charge < -0.3 is 14.0 Å². The molecule has 0 radical (unpaired) electrons. The van der Waals surface area contributed by atoms with Gasteiger partial charge in [0.15, 0.2) is 6.29 Å². The van der Waals surface area contributed by atoms with E-state index in [2.05, 4.69) is 4.52 Å². The third-order valence-corrected chi connectivity index (χ3v) is 5.08. The smallest absolute Gasteiger partial charge is 0.439 e. The molecule has 0 rings (SSSR count). The van der Waals surface area contributed by atoms with Crippen LogP contribution in [0, 0.1) is 5.41 Å². The van der Waals surface area contributed by atoms with E-state index in [4.69, 9.17) is 9.47 Å². The Morgan fingerprint density at radius 1 is 1.14 bits per heavy atom. The topological polar surface area (TPSA) is 44.8 Å². The van der Waals surface area contributed by atoms with Gasteiger partial charge in [0.2, 0.25) is 0 Å². The molecule has 0 amide bonds. The monoisotopic (exact) mass is 332 g/mol. The van der Waals surface area contributed by atoms with E-state index in [0.29, 0.717) is 19.3 Å². The van der Waals surface area contributed by atoms with Gasteiger partial charge in [-0.15, -0.1) is 0 Å². The summed E-state index contributed by atoms with van der Waals surface area (Å²) in [5, 5.41) is 0. The summed E-state index contributed by atoms with van der Waals surface area (Å²) in [6.07, 6.45) is -3.46. The lowest BCUT2D eigenvalue weighted by molar-refractivity contribution is -0.190. The molecule has 0 spiro atoms. The predicted octanol–water partition coefficient (Wildman–Crippen LogP) is 4.24. The molecule has 126 valence electrons. The predicted molar refractivity (Wildman–Crippen MR) is 75.1 cm³/mol. The molecule has 0 aromatic heterocycles. The Morgan fingerprint density at radius 2 is 1.62 bits per heavy atom. The van der Waals surface area contributed by atoms with Crippen LogP contribution in [0.15, 0.2) is 0 Å². The molecule has 0 N–H and O–H groups in total. The first-order valence-electron chi connectivity index (χ1n) is 6.88. The number of hydrogen-bond donors (Lipinski definition) is 0. The van der Waals surface area contributed by atoms with Crippen molar-refractivity contribution in [2.45, 2.75) is 65.3 Å². The van der Waals surface area contributed by atoms with Crippen LogP contribution in [0.1, 0.15) is 47.0 Å². The highest BCUT2D eigenvalue weighted by Crippen LogP contribution is 2.45. The van der Waals surface area contributed by atoms with Crippen molar-refractivity contribution < 1.29 is 32.0 Å². The van der Waals surface area contributed by atoms with Gasteiger partial charge in [0.1, 0.15) is 14.7 Å². The molecule has 8 heteroatoms. The Balaban J connectivity index is 5.02. The summed E-state index contributed by atoms with van der Waals surface area (Å²) >= 11 is 0. The van der Waals surface area contributed by atoms with Crippen LogP contribution in [0.2, 0.25) is 0 Å². The van der Waals surface area contributed by atoms with E-state index in [1.807, 2.05) is 20.8 Å². The highest BCUT2D eigenvalue weighted by molar-refractivity contribution is 7.33. The Kier molecular flexibility index (Phi) is 8.74. The summed E-state index contributed by atoms with van der Waals surface area (Å²) in [4.78, 5) is 10.9. The molecule has 0 fully saturated rings. The van der Waals surface area contributed by atoms with Crippen molar-refractivity contribution in [1.82, 2.24) is 0 Å². The average molecular weight is 332 g/mol. The quantitative estimate of drug-likeness (QED) is 0.468. The van der Waals surface area contributed by atoms with Crippen molar-refractivity contribution in [3.05, 3.63) is 0 Å². The SMILES string of the molecule is CCC(CC)(CC)C(OC(C)OC)POC(=O)C(F)(F)F. The van der Waals surface area contributed by atoms with Crippen molar-refractivity contribution >= 4 is 14.8 Å². The molecule has 0 aliphatic rings. The molecule has 3 atom stereocenters. The number of carbonyl (C=O) groups excluding carboxylic acids is 1. The molecule has 4 nitrogen and oxygen atoms in total. The van der Waals surface area contributed by atoms with E-state index < -0.39 is 33.1 Å². The largest absolute Gasteiger partial charge is 0.491 e. The Bertz CT molecular complexity index is 311. The van der Waals surface area contributed by atoms with Crippen LogP contribution >= 0.6 is 8.81 Å². The summed E-state index contributed by atoms with van der Waals surface area (Å²) in [6, 6.07) is 0. The first-order valence-corrected chi connectivity index (χ1v) is 7.87. The number of rotatable bonds is 9. The zero-order valence-electron chi connectivity index (χ0n) is 13.0. The lowest BCUT2D eigenvalue weighted by atomic mass is 9.80. The number of hydrogen-bond acceptors (Lipinski definition) is 4. The average Bonchev–Trinajstić information content (AvgIpc) is 2.44. The van der Waals surface area contributed by atoms with Gasteiger partial charge in [0.05, 0.1) is 0 Å². The molecule has 0 bridgehead atoms. The molecule has 0 aliphatic carbocycles. The van der Waals surface area contributed by atoms with Gasteiger partial charge in [-0.2, -0.15) is 13.2 Å². The maximum atomic E-state index is 12.2. The van der Waals surface area contributed by atoms with Crippen molar-refractivity contribution in [3.8, 4) is 0 Å². The van der Waals surface area contributed by atoms with Crippen molar-refractivity contribution in [3.63, 3.8) is 0 Å². The Morgan fingerprint density at radius 3 is 1.95 bits per heavy atom. The van der Waals surface area contributed by atoms with Gasteiger partial charge in [0, 0.05) is 12.5 Å². The number of halogens is 3. The zero-order valence-corrected chi connectivity index (χ0v) is 14.0. The van der Waals surface area contributed by atoms with Gasteiger partial charge >= 0.3 is 12.1 Å². The van der Waals surface area contributed by atoms with Gasteiger partial charge in [0.25, 0.3) is 0 Å². The van der Waals surface area contributed by atoms with E-state index in [9.17, 15) is 18.0 Å². The maximum absolute atomic E-state index is 12.2. The number of methoxy groups -OCH3 is 1. The molecule has 21 heavy (non-hydrogen) atoms. The third kappa shape index (κ3) is 6.09. The van der Waals surface area contributed by atoms with E-state index in [0.717, 1.165) is 0 Å². The van der Waals surface area contributed by atoms with Crippen molar-refractivity contribution in [2.24, 2.45) is 5.41 Å². The van der Waals surface area contributed by atoms with Crippen molar-refractivity contribution in [2.75, 3.05) is 7.11 Å². The molecule has 0 saturated heterocycles. The van der Waals surface area contributed by atoms with Crippen molar-refractivity contribution in [1.29, 1.82) is 0 Å². The number of alkyl halides is 3. The minimum Gasteiger partial charge on any atom is -0.439 e. The van der Waals surface area contributed by atoms with E-state index in [1.54, 1.807) is 6.92 Å². The van der Waals surface area contributed by atoms with E-state index in [1.165, 1.54) is 7.11 Å². The number of carbonyl (C=O) groups is 1. The second kappa shape index (κ2) is 8.91. The second-order valence-corrected chi connectivity index (χ2v) is 5.71. The number of ether oxygens (including phenoxy) is 2. The summed E-state index contributed by atoms with van der Waals surface area (Å²) < 4.78 is 51.8. The maximum Gasteiger partial charge on any atom is 0.491 e. The van der Waals surface area contributed by atoms with Gasteiger partial charge in [-0.3, -0.25) is 0 Å². The normalized spacial score (nSPS) is 16.2. The van der Waals surface area contributed by atoms with Crippen LogP contribution in [-0.2, 0) is 18.8 Å². The minimum atomic E-state index is -4.99. The fraction of sp³-hybridized carbons (Fsp3) is 0.923. The molecular weight excluding hydrogens is 308 g/mol. The van der Waals surface area contributed by atoms with Crippen LogP contribution < -0.4 is 0 Å². The van der Waals surface area contributed by atoms with Crippen LogP contribution in [0.4, 0.5) is 13.2 Å². The standard InChI is InChI=1S/C13H24F3O4P/c1-6-12(7-2,8-3)11(19-9(4)18-5)21-20-10(17)13(14,15)16/h9,11,21H,6-8H2,1-5H3. The first kappa shape index (κ1) is 20.6. The van der Waals surface area contributed by atoms with Crippen LogP contribution in [-0.4, -0.2) is 31.4 Å². The highest BCUT2D eigenvalue weighted by Gasteiger charge is 2.43. The van der Waals surface area contributed by atoms with E-state index >= 15 is 0 Å². The Hall–Kier alpha value is -0.390. The summed E-state index contributed by atoms with van der Waals surface area (Å²) in [5.41, 5.74) is -0.350. The molecule has 0 saturated carbocycles. The fourth-order valence-corrected chi connectivity index (χ4v) is 3.45. The molecule has 0 heterocycles. The van der Waals surface area contributed by atoms with Crippen LogP contribution in [0.3, 0.4) is 0 Å². The third-order valence-electron chi connectivity index (χ3n) is 3.82.